The summed E-state index contributed by atoms with van der Waals surface area (Å²) in [7, 11) is 0. The minimum absolute atomic E-state index is 0.354. The Hall–Kier alpha value is -0.890. The standard InChI is InChI=1S/C15H26N2/c1-4-6-9-14(5-2)12-17-13(3)15-10-7-8-11-16-15/h7-8,10-11,13-14,17H,4-6,9,12H2,1-3H3/t13-,14?/m0/s1. The molecule has 0 saturated heterocycles. The van der Waals surface area contributed by atoms with Gasteiger partial charge in [-0.1, -0.05) is 39.2 Å². The first kappa shape index (κ1) is 14.2. The molecule has 96 valence electrons. The van der Waals surface area contributed by atoms with E-state index in [0.29, 0.717) is 6.04 Å². The molecule has 0 fully saturated rings. The molecule has 0 amide bonds. The zero-order valence-electron chi connectivity index (χ0n) is 11.4. The second-order valence-corrected chi connectivity index (χ2v) is 4.80. The van der Waals surface area contributed by atoms with E-state index in [1.807, 2.05) is 12.3 Å². The molecule has 0 saturated carbocycles. The van der Waals surface area contributed by atoms with Crippen LogP contribution < -0.4 is 5.32 Å². The van der Waals surface area contributed by atoms with Crippen LogP contribution in [0.5, 0.6) is 0 Å². The summed E-state index contributed by atoms with van der Waals surface area (Å²) in [5.41, 5.74) is 1.14. The van der Waals surface area contributed by atoms with Crippen LogP contribution in [0.25, 0.3) is 0 Å². The van der Waals surface area contributed by atoms with E-state index in [4.69, 9.17) is 0 Å². The van der Waals surface area contributed by atoms with E-state index < -0.39 is 0 Å². The summed E-state index contributed by atoms with van der Waals surface area (Å²) in [5.74, 6) is 0.807. The summed E-state index contributed by atoms with van der Waals surface area (Å²) in [4.78, 5) is 4.38. The van der Waals surface area contributed by atoms with E-state index in [1.165, 1.54) is 25.7 Å². The van der Waals surface area contributed by atoms with Crippen molar-refractivity contribution in [2.75, 3.05) is 6.54 Å². The van der Waals surface area contributed by atoms with Crippen LogP contribution in [0.1, 0.15) is 58.2 Å². The van der Waals surface area contributed by atoms with Gasteiger partial charge in [0.1, 0.15) is 0 Å². The summed E-state index contributed by atoms with van der Waals surface area (Å²) in [6.45, 7) is 7.84. The average molecular weight is 234 g/mol. The fourth-order valence-corrected chi connectivity index (χ4v) is 2.02. The molecule has 2 heteroatoms. The molecule has 0 aliphatic rings. The molecule has 0 spiro atoms. The first-order valence-electron chi connectivity index (χ1n) is 6.92. The van der Waals surface area contributed by atoms with Crippen molar-refractivity contribution in [2.45, 2.75) is 52.5 Å². The average Bonchev–Trinajstić information content (AvgIpc) is 2.39. The number of pyridine rings is 1. The van der Waals surface area contributed by atoms with Gasteiger partial charge in [-0.15, -0.1) is 0 Å². The Balaban J connectivity index is 2.33. The third-order valence-electron chi connectivity index (χ3n) is 3.39. The molecular formula is C15H26N2. The van der Waals surface area contributed by atoms with Crippen molar-refractivity contribution in [3.63, 3.8) is 0 Å². The number of nitrogens with zero attached hydrogens (tertiary/aromatic N) is 1. The number of rotatable bonds is 8. The number of nitrogens with one attached hydrogen (secondary N) is 1. The van der Waals surface area contributed by atoms with E-state index in [-0.39, 0.29) is 0 Å². The van der Waals surface area contributed by atoms with E-state index in [0.717, 1.165) is 18.2 Å². The molecule has 1 heterocycles. The predicted molar refractivity (Wildman–Crippen MR) is 74.0 cm³/mol. The van der Waals surface area contributed by atoms with Crippen molar-refractivity contribution < 1.29 is 0 Å². The maximum atomic E-state index is 4.38. The highest BCUT2D eigenvalue weighted by molar-refractivity contribution is 5.07. The molecule has 1 aromatic heterocycles. The molecule has 1 N–H and O–H groups in total. The zero-order chi connectivity index (χ0) is 12.5. The van der Waals surface area contributed by atoms with Crippen LogP contribution in [0.3, 0.4) is 0 Å². The van der Waals surface area contributed by atoms with Crippen molar-refractivity contribution >= 4 is 0 Å². The quantitative estimate of drug-likeness (QED) is 0.736. The molecule has 2 atom stereocenters. The van der Waals surface area contributed by atoms with E-state index in [9.17, 15) is 0 Å². The molecule has 1 aromatic rings. The Morgan fingerprint density at radius 1 is 1.29 bits per heavy atom. The summed E-state index contributed by atoms with van der Waals surface area (Å²) < 4.78 is 0. The molecule has 0 bridgehead atoms. The Morgan fingerprint density at radius 2 is 2.12 bits per heavy atom. The topological polar surface area (TPSA) is 24.9 Å². The number of aromatic nitrogens is 1. The third-order valence-corrected chi connectivity index (χ3v) is 3.39. The Kier molecular flexibility index (Phi) is 6.87. The fraction of sp³-hybridized carbons (Fsp3) is 0.667. The number of hydrogen-bond donors (Lipinski definition) is 1. The molecule has 17 heavy (non-hydrogen) atoms. The van der Waals surface area contributed by atoms with Crippen LogP contribution >= 0.6 is 0 Å². The zero-order valence-corrected chi connectivity index (χ0v) is 11.4. The molecule has 1 rings (SSSR count). The van der Waals surface area contributed by atoms with Gasteiger partial charge in [0.15, 0.2) is 0 Å². The molecule has 0 aliphatic heterocycles. The molecule has 0 radical (unpaired) electrons. The van der Waals surface area contributed by atoms with E-state index in [1.54, 1.807) is 0 Å². The lowest BCUT2D eigenvalue weighted by Gasteiger charge is -2.19. The van der Waals surface area contributed by atoms with Gasteiger partial charge in [0.25, 0.3) is 0 Å². The van der Waals surface area contributed by atoms with Crippen molar-refractivity contribution in [2.24, 2.45) is 5.92 Å². The second kappa shape index (κ2) is 8.24. The van der Waals surface area contributed by atoms with Crippen molar-refractivity contribution in [3.05, 3.63) is 30.1 Å². The lowest BCUT2D eigenvalue weighted by Crippen LogP contribution is -2.26. The normalized spacial score (nSPS) is 14.5. The van der Waals surface area contributed by atoms with Crippen molar-refractivity contribution in [1.29, 1.82) is 0 Å². The maximum Gasteiger partial charge on any atom is 0.0570 e. The number of unbranched alkanes of at least 4 members (excludes halogenated alkanes) is 1. The summed E-state index contributed by atoms with van der Waals surface area (Å²) in [5, 5.41) is 3.60. The first-order valence-corrected chi connectivity index (χ1v) is 6.92. The summed E-state index contributed by atoms with van der Waals surface area (Å²) >= 11 is 0. The molecule has 0 aliphatic carbocycles. The van der Waals surface area contributed by atoms with Crippen LogP contribution in [0.4, 0.5) is 0 Å². The smallest absolute Gasteiger partial charge is 0.0570 e. The van der Waals surface area contributed by atoms with Gasteiger partial charge in [-0.25, -0.2) is 0 Å². The van der Waals surface area contributed by atoms with Crippen molar-refractivity contribution in [3.8, 4) is 0 Å². The monoisotopic (exact) mass is 234 g/mol. The van der Waals surface area contributed by atoms with Gasteiger partial charge in [0.2, 0.25) is 0 Å². The van der Waals surface area contributed by atoms with E-state index in [2.05, 4.69) is 43.2 Å². The van der Waals surface area contributed by atoms with Gasteiger partial charge in [0, 0.05) is 12.2 Å². The lowest BCUT2D eigenvalue weighted by atomic mass is 9.99. The van der Waals surface area contributed by atoms with Crippen LogP contribution in [-0.4, -0.2) is 11.5 Å². The summed E-state index contributed by atoms with van der Waals surface area (Å²) in [6, 6.07) is 6.46. The van der Waals surface area contributed by atoms with Crippen molar-refractivity contribution in [1.82, 2.24) is 10.3 Å². The largest absolute Gasteiger partial charge is 0.309 e. The SMILES string of the molecule is CCCCC(CC)CN[C@@H](C)c1ccccn1. The number of hydrogen-bond acceptors (Lipinski definition) is 2. The second-order valence-electron chi connectivity index (χ2n) is 4.80. The van der Waals surface area contributed by atoms with Gasteiger partial charge in [-0.05, 0) is 37.9 Å². The first-order chi connectivity index (χ1) is 8.27. The van der Waals surface area contributed by atoms with Crippen LogP contribution in [0.2, 0.25) is 0 Å². The fourth-order valence-electron chi connectivity index (χ4n) is 2.02. The highest BCUT2D eigenvalue weighted by Gasteiger charge is 2.09. The molecule has 0 aromatic carbocycles. The third kappa shape index (κ3) is 5.31. The van der Waals surface area contributed by atoms with Gasteiger partial charge in [-0.2, -0.15) is 0 Å². The highest BCUT2D eigenvalue weighted by Crippen LogP contribution is 2.14. The van der Waals surface area contributed by atoms with Gasteiger partial charge >= 0.3 is 0 Å². The minimum atomic E-state index is 0.354. The predicted octanol–water partition coefficient (Wildman–Crippen LogP) is 3.95. The minimum Gasteiger partial charge on any atom is -0.309 e. The summed E-state index contributed by atoms with van der Waals surface area (Å²) in [6.07, 6.45) is 7.11. The van der Waals surface area contributed by atoms with Gasteiger partial charge < -0.3 is 5.32 Å². The molecule has 1 unspecified atom stereocenters. The Morgan fingerprint density at radius 3 is 2.71 bits per heavy atom. The van der Waals surface area contributed by atoms with Crippen LogP contribution in [0, 0.1) is 5.92 Å². The van der Waals surface area contributed by atoms with Crippen LogP contribution in [-0.2, 0) is 0 Å². The Labute approximate surface area is 106 Å². The molecule has 2 nitrogen and oxygen atoms in total. The molecular weight excluding hydrogens is 208 g/mol. The highest BCUT2D eigenvalue weighted by atomic mass is 14.9. The maximum absolute atomic E-state index is 4.38. The Bertz CT molecular complexity index is 284. The lowest BCUT2D eigenvalue weighted by molar-refractivity contribution is 0.396. The van der Waals surface area contributed by atoms with Crippen LogP contribution in [0.15, 0.2) is 24.4 Å². The van der Waals surface area contributed by atoms with Gasteiger partial charge in [0.05, 0.1) is 5.69 Å². The van der Waals surface area contributed by atoms with E-state index >= 15 is 0 Å². The van der Waals surface area contributed by atoms with Gasteiger partial charge in [-0.3, -0.25) is 4.98 Å².